The molecule has 2 aliphatic heterocycles. The first-order chi connectivity index (χ1) is 14.0. The second-order valence-corrected chi connectivity index (χ2v) is 8.46. The quantitative estimate of drug-likeness (QED) is 0.800. The fraction of sp³-hybridized carbons (Fsp3) is 0.417. The smallest absolute Gasteiger partial charge is 0.322 e. The Kier molecular flexibility index (Phi) is 5.56. The van der Waals surface area contributed by atoms with E-state index in [-0.39, 0.29) is 30.1 Å². The lowest BCUT2D eigenvalue weighted by atomic mass is 9.82. The van der Waals surface area contributed by atoms with Crippen LogP contribution < -0.4 is 10.6 Å². The molecule has 0 aromatic heterocycles. The van der Waals surface area contributed by atoms with Crippen molar-refractivity contribution in [1.29, 1.82) is 0 Å². The van der Waals surface area contributed by atoms with Gasteiger partial charge in [-0.25, -0.2) is 4.79 Å². The third-order valence-electron chi connectivity index (χ3n) is 6.09. The molecule has 2 bridgehead atoms. The molecule has 0 saturated carbocycles. The van der Waals surface area contributed by atoms with Gasteiger partial charge in [0.15, 0.2) is 0 Å². The van der Waals surface area contributed by atoms with Crippen LogP contribution in [0.3, 0.4) is 0 Å². The van der Waals surface area contributed by atoms with E-state index in [1.165, 1.54) is 0 Å². The molecule has 0 radical (unpaired) electrons. The van der Waals surface area contributed by atoms with Gasteiger partial charge in [0.2, 0.25) is 0 Å². The highest BCUT2D eigenvalue weighted by molar-refractivity contribution is 5.94. The van der Waals surface area contributed by atoms with E-state index in [1.54, 1.807) is 0 Å². The minimum Gasteiger partial charge on any atom is -0.349 e. The van der Waals surface area contributed by atoms with Gasteiger partial charge < -0.3 is 15.5 Å². The molecule has 2 aliphatic rings. The van der Waals surface area contributed by atoms with Crippen LogP contribution in [0.15, 0.2) is 48.5 Å². The minimum atomic E-state index is -0.0197. The molecule has 2 aromatic carbocycles. The van der Waals surface area contributed by atoms with E-state index in [9.17, 15) is 9.59 Å². The molecule has 152 valence electrons. The summed E-state index contributed by atoms with van der Waals surface area (Å²) in [5, 5.41) is 6.28. The summed E-state index contributed by atoms with van der Waals surface area (Å²) in [6.45, 7) is 4.01. The van der Waals surface area contributed by atoms with Gasteiger partial charge in [0.1, 0.15) is 0 Å². The van der Waals surface area contributed by atoms with Crippen LogP contribution in [0.1, 0.15) is 53.6 Å². The Morgan fingerprint density at radius 3 is 2.24 bits per heavy atom. The summed E-state index contributed by atoms with van der Waals surface area (Å²) in [6, 6.07) is 16.0. The lowest BCUT2D eigenvalue weighted by Crippen LogP contribution is -2.59. The highest BCUT2D eigenvalue weighted by Gasteiger charge is 2.41. The molecule has 2 saturated heterocycles. The molecule has 0 spiro atoms. The molecule has 0 aliphatic carbocycles. The Balaban J connectivity index is 1.42. The van der Waals surface area contributed by atoms with Crippen molar-refractivity contribution < 1.29 is 9.59 Å². The summed E-state index contributed by atoms with van der Waals surface area (Å²) in [5.41, 5.74) is 3.75. The van der Waals surface area contributed by atoms with Crippen molar-refractivity contribution in [1.82, 2.24) is 10.2 Å². The van der Waals surface area contributed by atoms with E-state index in [0.29, 0.717) is 5.56 Å². The van der Waals surface area contributed by atoms with E-state index >= 15 is 0 Å². The number of rotatable bonds is 3. The fourth-order valence-electron chi connectivity index (χ4n) is 4.80. The number of amides is 3. The predicted octanol–water partition coefficient (Wildman–Crippen LogP) is 4.65. The molecule has 29 heavy (non-hydrogen) atoms. The predicted molar refractivity (Wildman–Crippen MR) is 115 cm³/mol. The maximum atomic E-state index is 13.0. The zero-order chi connectivity index (χ0) is 20.4. The average Bonchev–Trinajstić information content (AvgIpc) is 2.67. The number of hydrogen-bond donors (Lipinski definition) is 2. The van der Waals surface area contributed by atoms with Gasteiger partial charge in [0.25, 0.3) is 5.91 Å². The topological polar surface area (TPSA) is 61.4 Å². The molecule has 5 nitrogen and oxygen atoms in total. The van der Waals surface area contributed by atoms with Crippen molar-refractivity contribution in [2.75, 3.05) is 5.32 Å². The van der Waals surface area contributed by atoms with Crippen LogP contribution in [0, 0.1) is 13.8 Å². The van der Waals surface area contributed by atoms with Gasteiger partial charge in [-0.05, 0) is 75.8 Å². The van der Waals surface area contributed by atoms with Crippen molar-refractivity contribution in [3.05, 3.63) is 65.2 Å². The summed E-state index contributed by atoms with van der Waals surface area (Å²) in [4.78, 5) is 27.7. The Morgan fingerprint density at radius 2 is 1.59 bits per heavy atom. The monoisotopic (exact) mass is 391 g/mol. The van der Waals surface area contributed by atoms with Gasteiger partial charge in [-0.3, -0.25) is 4.79 Å². The molecule has 4 rings (SSSR count). The first-order valence-electron chi connectivity index (χ1n) is 10.5. The summed E-state index contributed by atoms with van der Waals surface area (Å²) >= 11 is 0. The Labute approximate surface area is 172 Å². The number of hydrogen-bond acceptors (Lipinski definition) is 2. The molecular weight excluding hydrogens is 362 g/mol. The number of nitrogens with zero attached hydrogens (tertiary/aromatic N) is 1. The molecular formula is C24H29N3O2. The number of benzene rings is 2. The first-order valence-corrected chi connectivity index (χ1v) is 10.5. The summed E-state index contributed by atoms with van der Waals surface area (Å²) in [5.74, 6) is -0.0190. The number of anilines is 1. The molecule has 5 heteroatoms. The lowest BCUT2D eigenvalue weighted by Gasteiger charge is -2.48. The van der Waals surface area contributed by atoms with Gasteiger partial charge in [-0.2, -0.15) is 0 Å². The highest BCUT2D eigenvalue weighted by atomic mass is 16.2. The molecule has 2 N–H and O–H groups in total. The molecule has 2 atom stereocenters. The third kappa shape index (κ3) is 4.44. The van der Waals surface area contributed by atoms with Gasteiger partial charge >= 0.3 is 6.03 Å². The average molecular weight is 392 g/mol. The first kappa shape index (κ1) is 19.5. The van der Waals surface area contributed by atoms with Crippen LogP contribution in [-0.4, -0.2) is 35.0 Å². The highest BCUT2D eigenvalue weighted by Crippen LogP contribution is 2.34. The summed E-state index contributed by atoms with van der Waals surface area (Å²) < 4.78 is 0. The van der Waals surface area contributed by atoms with Crippen molar-refractivity contribution in [3.63, 3.8) is 0 Å². The van der Waals surface area contributed by atoms with Crippen molar-refractivity contribution in [3.8, 4) is 0 Å². The Bertz CT molecular complexity index is 897. The largest absolute Gasteiger partial charge is 0.349 e. The van der Waals surface area contributed by atoms with Crippen LogP contribution in [0.2, 0.25) is 0 Å². The van der Waals surface area contributed by atoms with Gasteiger partial charge in [-0.1, -0.05) is 29.8 Å². The normalized spacial score (nSPS) is 23.4. The number of nitrogens with one attached hydrogen (secondary N) is 2. The fourth-order valence-corrected chi connectivity index (χ4v) is 4.80. The van der Waals surface area contributed by atoms with E-state index in [1.807, 2.05) is 67.3 Å². The number of aryl methyl sites for hydroxylation is 2. The number of fused-ring (bicyclic) bond motifs is 2. The Morgan fingerprint density at radius 1 is 0.931 bits per heavy atom. The van der Waals surface area contributed by atoms with Crippen molar-refractivity contribution in [2.24, 2.45) is 0 Å². The van der Waals surface area contributed by atoms with Crippen LogP contribution >= 0.6 is 0 Å². The maximum absolute atomic E-state index is 13.0. The molecule has 2 heterocycles. The molecule has 3 amide bonds. The zero-order valence-electron chi connectivity index (χ0n) is 17.2. The standard InChI is InChI=1S/C24H29N3O2/c1-16-6-3-8-18(12-16)23(28)25-20-14-21-10-5-11-22(15-20)27(21)24(29)26-19-9-4-7-17(2)13-19/h3-4,6-9,12-13,20-22H,5,10-11,14-15H2,1-2H3,(H,25,28)(H,26,29)/t21-,22-/m0/s1. The van der Waals surface area contributed by atoms with Crippen LogP contribution in [0.4, 0.5) is 10.5 Å². The lowest BCUT2D eigenvalue weighted by molar-refractivity contribution is 0.0577. The maximum Gasteiger partial charge on any atom is 0.322 e. The van der Waals surface area contributed by atoms with Crippen molar-refractivity contribution in [2.45, 2.75) is 64.1 Å². The van der Waals surface area contributed by atoms with Crippen LogP contribution in [0.25, 0.3) is 0 Å². The number of carbonyl (C=O) groups is 2. The minimum absolute atomic E-state index is 0.0190. The third-order valence-corrected chi connectivity index (χ3v) is 6.09. The number of urea groups is 1. The van der Waals surface area contributed by atoms with Crippen molar-refractivity contribution >= 4 is 17.6 Å². The van der Waals surface area contributed by atoms with E-state index in [0.717, 1.165) is 48.9 Å². The number of carbonyl (C=O) groups excluding carboxylic acids is 2. The van der Waals surface area contributed by atoms with E-state index in [4.69, 9.17) is 0 Å². The molecule has 2 aromatic rings. The number of piperidine rings is 2. The SMILES string of the molecule is Cc1cccc(NC(=O)N2[C@H]3CCC[C@H]2CC(NC(=O)c2cccc(C)c2)C3)c1. The summed E-state index contributed by atoms with van der Waals surface area (Å²) in [7, 11) is 0. The molecule has 2 fully saturated rings. The van der Waals surface area contributed by atoms with Crippen LogP contribution in [0.5, 0.6) is 0 Å². The molecule has 0 unspecified atom stereocenters. The van der Waals surface area contributed by atoms with E-state index in [2.05, 4.69) is 10.6 Å². The summed E-state index contributed by atoms with van der Waals surface area (Å²) in [6.07, 6.45) is 4.76. The van der Waals surface area contributed by atoms with Gasteiger partial charge in [-0.15, -0.1) is 0 Å². The van der Waals surface area contributed by atoms with Gasteiger partial charge in [0, 0.05) is 29.4 Å². The van der Waals surface area contributed by atoms with Gasteiger partial charge in [0.05, 0.1) is 0 Å². The van der Waals surface area contributed by atoms with E-state index < -0.39 is 0 Å². The second kappa shape index (κ2) is 8.27. The Hall–Kier alpha value is -2.82. The second-order valence-electron chi connectivity index (χ2n) is 8.46. The zero-order valence-corrected chi connectivity index (χ0v) is 17.2. The van der Waals surface area contributed by atoms with Crippen LogP contribution in [-0.2, 0) is 0 Å².